The highest BCUT2D eigenvalue weighted by Gasteiger charge is 2.15. The van der Waals surface area contributed by atoms with Crippen LogP contribution in [-0.2, 0) is 0 Å². The Kier molecular flexibility index (Phi) is 4.06. The first kappa shape index (κ1) is 17.5. The first-order chi connectivity index (χ1) is 15.3. The zero-order valence-electron chi connectivity index (χ0n) is 16.6. The molecule has 4 heteroatoms. The average Bonchev–Trinajstić information content (AvgIpc) is 3.34. The average molecular weight is 399 g/mol. The van der Waals surface area contributed by atoms with Crippen LogP contribution in [0.1, 0.15) is 0 Å². The molecule has 0 N–H and O–H groups in total. The standard InChI is InChI=1S/C27H17N3O/c1-2-8-18(9-3-1)26-17-29-27(31-26)22-15-25(30-23-13-7-6-12-21(22)23)24-14-19-10-4-5-11-20(19)16-28-24/h1-17H. The first-order valence-electron chi connectivity index (χ1n) is 10.1. The molecule has 0 saturated carbocycles. The van der Waals surface area contributed by atoms with E-state index in [4.69, 9.17) is 9.40 Å². The highest BCUT2D eigenvalue weighted by atomic mass is 16.4. The molecule has 0 amide bonds. The molecule has 0 fully saturated rings. The molecule has 31 heavy (non-hydrogen) atoms. The lowest BCUT2D eigenvalue weighted by Gasteiger charge is -2.08. The van der Waals surface area contributed by atoms with E-state index in [2.05, 4.69) is 28.2 Å². The van der Waals surface area contributed by atoms with Crippen LogP contribution in [0.15, 0.2) is 108 Å². The fourth-order valence-corrected chi connectivity index (χ4v) is 3.84. The molecular formula is C27H17N3O. The minimum atomic E-state index is 0.569. The number of benzene rings is 3. The van der Waals surface area contributed by atoms with E-state index in [9.17, 15) is 0 Å². The summed E-state index contributed by atoms with van der Waals surface area (Å²) in [5.41, 5.74) is 4.39. The van der Waals surface area contributed by atoms with Crippen LogP contribution in [-0.4, -0.2) is 15.0 Å². The van der Waals surface area contributed by atoms with E-state index in [1.807, 2.05) is 79.0 Å². The van der Waals surface area contributed by atoms with Crippen molar-refractivity contribution in [3.05, 3.63) is 103 Å². The molecule has 0 aliphatic rings. The van der Waals surface area contributed by atoms with Crippen LogP contribution in [0.5, 0.6) is 0 Å². The smallest absolute Gasteiger partial charge is 0.227 e. The summed E-state index contributed by atoms with van der Waals surface area (Å²) in [4.78, 5) is 14.1. The third kappa shape index (κ3) is 3.15. The SMILES string of the molecule is c1ccc(-c2cnc(-c3cc(-c4cc5ccccc5cn4)nc4ccccc34)o2)cc1. The summed E-state index contributed by atoms with van der Waals surface area (Å²) in [6.45, 7) is 0. The van der Waals surface area contributed by atoms with Gasteiger partial charge in [-0.25, -0.2) is 9.97 Å². The summed E-state index contributed by atoms with van der Waals surface area (Å²) in [6, 6.07) is 30.3. The summed E-state index contributed by atoms with van der Waals surface area (Å²) < 4.78 is 6.17. The Bertz CT molecular complexity index is 1540. The van der Waals surface area contributed by atoms with Crippen molar-refractivity contribution in [1.82, 2.24) is 15.0 Å². The van der Waals surface area contributed by atoms with Crippen molar-refractivity contribution in [2.24, 2.45) is 0 Å². The molecule has 6 aromatic rings. The Labute approximate surface area is 178 Å². The monoisotopic (exact) mass is 399 g/mol. The number of hydrogen-bond donors (Lipinski definition) is 0. The lowest BCUT2D eigenvalue weighted by Crippen LogP contribution is -1.92. The van der Waals surface area contributed by atoms with Crippen LogP contribution in [0.4, 0.5) is 0 Å². The van der Waals surface area contributed by atoms with E-state index in [0.29, 0.717) is 5.89 Å². The van der Waals surface area contributed by atoms with Gasteiger partial charge in [-0.05, 0) is 23.6 Å². The van der Waals surface area contributed by atoms with Crippen LogP contribution < -0.4 is 0 Å². The predicted molar refractivity (Wildman–Crippen MR) is 123 cm³/mol. The molecule has 0 aliphatic heterocycles. The van der Waals surface area contributed by atoms with Gasteiger partial charge in [0, 0.05) is 28.1 Å². The van der Waals surface area contributed by atoms with Crippen molar-refractivity contribution in [1.29, 1.82) is 0 Å². The van der Waals surface area contributed by atoms with Crippen molar-refractivity contribution in [2.45, 2.75) is 0 Å². The molecule has 3 aromatic heterocycles. The maximum Gasteiger partial charge on any atom is 0.227 e. The van der Waals surface area contributed by atoms with E-state index < -0.39 is 0 Å². The molecule has 0 radical (unpaired) electrons. The van der Waals surface area contributed by atoms with Gasteiger partial charge in [0.2, 0.25) is 5.89 Å². The molecule has 3 aromatic carbocycles. The summed E-state index contributed by atoms with van der Waals surface area (Å²) in [5.74, 6) is 1.31. The minimum absolute atomic E-state index is 0.569. The fraction of sp³-hybridized carbons (Fsp3) is 0. The van der Waals surface area contributed by atoms with E-state index in [1.54, 1.807) is 6.20 Å². The van der Waals surface area contributed by atoms with Crippen LogP contribution in [0.25, 0.3) is 55.8 Å². The lowest BCUT2D eigenvalue weighted by molar-refractivity contribution is 0.589. The van der Waals surface area contributed by atoms with Gasteiger partial charge in [0.25, 0.3) is 0 Å². The second kappa shape index (κ2) is 7.18. The molecule has 146 valence electrons. The Morgan fingerprint density at radius 2 is 1.39 bits per heavy atom. The van der Waals surface area contributed by atoms with Gasteiger partial charge in [-0.2, -0.15) is 0 Å². The van der Waals surface area contributed by atoms with Crippen molar-refractivity contribution < 1.29 is 4.42 Å². The molecule has 0 aliphatic carbocycles. The number of nitrogens with zero attached hydrogens (tertiary/aromatic N) is 3. The summed E-state index contributed by atoms with van der Waals surface area (Å²) in [5, 5.41) is 3.23. The van der Waals surface area contributed by atoms with Gasteiger partial charge in [0.1, 0.15) is 0 Å². The quantitative estimate of drug-likeness (QED) is 0.329. The van der Waals surface area contributed by atoms with E-state index in [0.717, 1.165) is 50.0 Å². The first-order valence-corrected chi connectivity index (χ1v) is 10.1. The van der Waals surface area contributed by atoms with Crippen molar-refractivity contribution in [3.63, 3.8) is 0 Å². The van der Waals surface area contributed by atoms with Crippen LogP contribution in [0.3, 0.4) is 0 Å². The topological polar surface area (TPSA) is 51.8 Å². The second-order valence-electron chi connectivity index (χ2n) is 7.38. The summed E-state index contributed by atoms with van der Waals surface area (Å²) >= 11 is 0. The second-order valence-corrected chi connectivity index (χ2v) is 7.38. The number of para-hydroxylation sites is 1. The minimum Gasteiger partial charge on any atom is -0.436 e. The largest absolute Gasteiger partial charge is 0.436 e. The van der Waals surface area contributed by atoms with Gasteiger partial charge in [0.05, 0.1) is 23.1 Å². The van der Waals surface area contributed by atoms with E-state index in [-0.39, 0.29) is 0 Å². The van der Waals surface area contributed by atoms with Gasteiger partial charge < -0.3 is 4.42 Å². The maximum atomic E-state index is 6.17. The highest BCUT2D eigenvalue weighted by Crippen LogP contribution is 2.33. The van der Waals surface area contributed by atoms with Gasteiger partial charge in [-0.3, -0.25) is 4.98 Å². The van der Waals surface area contributed by atoms with Crippen LogP contribution in [0, 0.1) is 0 Å². The Balaban J connectivity index is 1.53. The Morgan fingerprint density at radius 3 is 2.29 bits per heavy atom. The predicted octanol–water partition coefficient (Wildman–Crippen LogP) is 6.77. The molecule has 0 unspecified atom stereocenters. The van der Waals surface area contributed by atoms with E-state index in [1.165, 1.54) is 0 Å². The third-order valence-electron chi connectivity index (χ3n) is 5.40. The molecule has 0 bridgehead atoms. The van der Waals surface area contributed by atoms with Crippen molar-refractivity contribution in [3.8, 4) is 34.2 Å². The number of aromatic nitrogens is 3. The van der Waals surface area contributed by atoms with Crippen LogP contribution >= 0.6 is 0 Å². The summed E-state index contributed by atoms with van der Waals surface area (Å²) in [6.07, 6.45) is 3.66. The number of oxazole rings is 1. The number of rotatable bonds is 3. The van der Waals surface area contributed by atoms with Crippen LogP contribution in [0.2, 0.25) is 0 Å². The Hall–Kier alpha value is -4.31. The zero-order valence-corrected chi connectivity index (χ0v) is 16.6. The van der Waals surface area contributed by atoms with E-state index >= 15 is 0 Å². The molecule has 0 spiro atoms. The molecule has 4 nitrogen and oxygen atoms in total. The molecular weight excluding hydrogens is 382 g/mol. The number of hydrogen-bond acceptors (Lipinski definition) is 4. The number of pyridine rings is 2. The Morgan fingerprint density at radius 1 is 0.613 bits per heavy atom. The molecule has 6 rings (SSSR count). The zero-order chi connectivity index (χ0) is 20.6. The van der Waals surface area contributed by atoms with Crippen molar-refractivity contribution >= 4 is 21.7 Å². The maximum absolute atomic E-state index is 6.17. The molecule has 0 saturated heterocycles. The highest BCUT2D eigenvalue weighted by molar-refractivity contribution is 5.95. The molecule has 0 atom stereocenters. The van der Waals surface area contributed by atoms with Gasteiger partial charge in [-0.1, -0.05) is 72.8 Å². The van der Waals surface area contributed by atoms with Gasteiger partial charge in [0.15, 0.2) is 5.76 Å². The molecule has 3 heterocycles. The fourth-order valence-electron chi connectivity index (χ4n) is 3.84. The van der Waals surface area contributed by atoms with Crippen molar-refractivity contribution in [2.75, 3.05) is 0 Å². The van der Waals surface area contributed by atoms with Gasteiger partial charge >= 0.3 is 0 Å². The third-order valence-corrected chi connectivity index (χ3v) is 5.40. The normalized spacial score (nSPS) is 11.2. The lowest BCUT2D eigenvalue weighted by atomic mass is 10.1. The van der Waals surface area contributed by atoms with Gasteiger partial charge in [-0.15, -0.1) is 0 Å². The number of fused-ring (bicyclic) bond motifs is 2. The summed E-state index contributed by atoms with van der Waals surface area (Å²) in [7, 11) is 0.